The van der Waals surface area contributed by atoms with Crippen molar-refractivity contribution < 1.29 is 9.59 Å². The maximum absolute atomic E-state index is 11.9. The van der Waals surface area contributed by atoms with Gasteiger partial charge in [-0.15, -0.1) is 0 Å². The number of allylic oxidation sites excluding steroid dienone is 2. The first-order chi connectivity index (χ1) is 7.20. The summed E-state index contributed by atoms with van der Waals surface area (Å²) >= 11 is 0. The van der Waals surface area contributed by atoms with E-state index in [0.29, 0.717) is 11.8 Å². The average Bonchev–Trinajstić information content (AvgIpc) is 3.02. The molecule has 6 atom stereocenters. The SMILES string of the molecule is NN1C(=O)C2C3C=CC(C4CC34)C2C1=O. The predicted molar refractivity (Wildman–Crippen MR) is 50.7 cm³/mol. The molecule has 2 N–H and O–H groups in total. The van der Waals surface area contributed by atoms with Gasteiger partial charge in [0.15, 0.2) is 0 Å². The van der Waals surface area contributed by atoms with Gasteiger partial charge in [-0.3, -0.25) is 9.59 Å². The number of nitrogens with two attached hydrogens (primary N) is 1. The van der Waals surface area contributed by atoms with Gasteiger partial charge in [-0.1, -0.05) is 12.2 Å². The van der Waals surface area contributed by atoms with E-state index in [1.54, 1.807) is 0 Å². The van der Waals surface area contributed by atoms with Crippen LogP contribution in [0.25, 0.3) is 0 Å². The van der Waals surface area contributed by atoms with E-state index in [2.05, 4.69) is 12.2 Å². The highest BCUT2D eigenvalue weighted by molar-refractivity contribution is 6.05. The Kier molecular flexibility index (Phi) is 1.16. The van der Waals surface area contributed by atoms with Crippen LogP contribution >= 0.6 is 0 Å². The van der Waals surface area contributed by atoms with Crippen LogP contribution in [0.4, 0.5) is 0 Å². The van der Waals surface area contributed by atoms with Crippen molar-refractivity contribution in [1.82, 2.24) is 5.01 Å². The van der Waals surface area contributed by atoms with E-state index in [0.717, 1.165) is 5.01 Å². The molecule has 0 radical (unpaired) electrons. The summed E-state index contributed by atoms with van der Waals surface area (Å²) in [7, 11) is 0. The van der Waals surface area contributed by atoms with Crippen molar-refractivity contribution in [1.29, 1.82) is 0 Å². The highest BCUT2D eigenvalue weighted by Crippen LogP contribution is 2.65. The fourth-order valence-electron chi connectivity index (χ4n) is 3.98. The first kappa shape index (κ1) is 8.05. The lowest BCUT2D eigenvalue weighted by atomic mass is 9.63. The Labute approximate surface area is 87.1 Å². The summed E-state index contributed by atoms with van der Waals surface area (Å²) in [6.07, 6.45) is 5.48. The Bertz CT molecular complexity index is 381. The van der Waals surface area contributed by atoms with Crippen molar-refractivity contribution in [3.8, 4) is 0 Å². The summed E-state index contributed by atoms with van der Waals surface area (Å²) in [5.74, 6) is 6.80. The highest BCUT2D eigenvalue weighted by atomic mass is 16.2. The maximum Gasteiger partial charge on any atom is 0.248 e. The molecule has 1 heterocycles. The molecule has 0 aromatic carbocycles. The normalized spacial score (nSPS) is 54.6. The largest absolute Gasteiger partial charge is 0.273 e. The molecule has 0 spiro atoms. The van der Waals surface area contributed by atoms with Crippen LogP contribution < -0.4 is 5.84 Å². The number of hydrogen-bond acceptors (Lipinski definition) is 3. The first-order valence-corrected chi connectivity index (χ1v) is 5.51. The minimum absolute atomic E-state index is 0.138. The average molecular weight is 204 g/mol. The van der Waals surface area contributed by atoms with Crippen LogP contribution in [0.15, 0.2) is 12.2 Å². The van der Waals surface area contributed by atoms with Crippen LogP contribution in [-0.2, 0) is 9.59 Å². The van der Waals surface area contributed by atoms with Crippen LogP contribution in [0.2, 0.25) is 0 Å². The Morgan fingerprint density at radius 2 is 1.53 bits per heavy atom. The molecule has 3 fully saturated rings. The predicted octanol–water partition coefficient (Wildman–Crippen LogP) is -0.0868. The lowest BCUT2D eigenvalue weighted by molar-refractivity contribution is -0.140. The van der Waals surface area contributed by atoms with Crippen LogP contribution in [0.3, 0.4) is 0 Å². The minimum atomic E-state index is -0.158. The Morgan fingerprint density at radius 1 is 1.07 bits per heavy atom. The van der Waals surface area contributed by atoms with Crippen molar-refractivity contribution >= 4 is 11.8 Å². The van der Waals surface area contributed by atoms with E-state index < -0.39 is 0 Å². The summed E-state index contributed by atoms with van der Waals surface area (Å²) in [5.41, 5.74) is 0. The summed E-state index contributed by atoms with van der Waals surface area (Å²) < 4.78 is 0. The van der Waals surface area contributed by atoms with Crippen LogP contribution in [0.5, 0.6) is 0 Å². The van der Waals surface area contributed by atoms with Gasteiger partial charge in [0.05, 0.1) is 11.8 Å². The molecule has 4 nitrogen and oxygen atoms in total. The third-order valence-electron chi connectivity index (χ3n) is 4.70. The van der Waals surface area contributed by atoms with Gasteiger partial charge >= 0.3 is 0 Å². The number of hydrazine groups is 1. The maximum atomic E-state index is 11.9. The molecule has 1 saturated heterocycles. The highest BCUT2D eigenvalue weighted by Gasteiger charge is 2.66. The van der Waals surface area contributed by atoms with E-state index in [-0.39, 0.29) is 35.5 Å². The third kappa shape index (κ3) is 0.718. The van der Waals surface area contributed by atoms with Crippen molar-refractivity contribution in [2.45, 2.75) is 6.42 Å². The van der Waals surface area contributed by atoms with Crippen molar-refractivity contribution in [3.05, 3.63) is 12.2 Å². The Hall–Kier alpha value is -1.16. The number of carbonyl (C=O) groups is 2. The molecular weight excluding hydrogens is 192 g/mol. The van der Waals surface area contributed by atoms with E-state index >= 15 is 0 Å². The fraction of sp³-hybridized carbons (Fsp3) is 0.636. The number of nitrogens with zero attached hydrogens (tertiary/aromatic N) is 1. The zero-order valence-electron chi connectivity index (χ0n) is 8.17. The van der Waals surface area contributed by atoms with Crippen molar-refractivity contribution in [3.63, 3.8) is 0 Å². The molecule has 6 unspecified atom stereocenters. The summed E-state index contributed by atoms with van der Waals surface area (Å²) in [6.45, 7) is 0. The second kappa shape index (κ2) is 2.16. The molecule has 15 heavy (non-hydrogen) atoms. The molecule has 2 saturated carbocycles. The van der Waals surface area contributed by atoms with E-state index in [9.17, 15) is 9.59 Å². The monoisotopic (exact) mass is 204 g/mol. The van der Waals surface area contributed by atoms with Gasteiger partial charge in [-0.25, -0.2) is 10.9 Å². The number of amides is 2. The lowest BCUT2D eigenvalue weighted by Gasteiger charge is -2.37. The molecule has 5 rings (SSSR count). The van der Waals surface area contributed by atoms with Crippen LogP contribution in [0.1, 0.15) is 6.42 Å². The summed E-state index contributed by atoms with van der Waals surface area (Å²) in [4.78, 5) is 23.7. The van der Waals surface area contributed by atoms with Gasteiger partial charge in [0, 0.05) is 0 Å². The molecule has 4 aliphatic carbocycles. The zero-order chi connectivity index (χ0) is 10.3. The number of carbonyl (C=O) groups excluding carboxylic acids is 2. The van der Waals surface area contributed by atoms with Gasteiger partial charge in [0.1, 0.15) is 0 Å². The Balaban J connectivity index is 1.86. The van der Waals surface area contributed by atoms with Crippen LogP contribution in [-0.4, -0.2) is 16.8 Å². The topological polar surface area (TPSA) is 63.4 Å². The van der Waals surface area contributed by atoms with Crippen LogP contribution in [0, 0.1) is 35.5 Å². The van der Waals surface area contributed by atoms with E-state index in [4.69, 9.17) is 5.84 Å². The van der Waals surface area contributed by atoms with Gasteiger partial charge in [0.25, 0.3) is 0 Å². The molecule has 2 bridgehead atoms. The summed E-state index contributed by atoms with van der Waals surface area (Å²) in [6, 6.07) is 0. The molecular formula is C11H12N2O2. The van der Waals surface area contributed by atoms with Gasteiger partial charge in [-0.2, -0.15) is 0 Å². The number of rotatable bonds is 0. The first-order valence-electron chi connectivity index (χ1n) is 5.51. The standard InChI is InChI=1S/C11H12N2O2/c12-13-10(14)8-4-1-2-5(7-3-6(4)7)9(8)11(13)15/h1-2,4-9H,3,12H2. The smallest absolute Gasteiger partial charge is 0.248 e. The zero-order valence-corrected chi connectivity index (χ0v) is 8.17. The number of hydrogen-bond donors (Lipinski definition) is 1. The van der Waals surface area contributed by atoms with E-state index in [1.165, 1.54) is 6.42 Å². The van der Waals surface area contributed by atoms with Gasteiger partial charge in [0.2, 0.25) is 11.8 Å². The second-order valence-electron chi connectivity index (χ2n) is 5.20. The lowest BCUT2D eigenvalue weighted by Crippen LogP contribution is -2.40. The minimum Gasteiger partial charge on any atom is -0.273 e. The molecule has 5 aliphatic rings. The van der Waals surface area contributed by atoms with E-state index in [1.807, 2.05) is 0 Å². The van der Waals surface area contributed by atoms with Gasteiger partial charge < -0.3 is 0 Å². The van der Waals surface area contributed by atoms with Crippen molar-refractivity contribution in [2.24, 2.45) is 41.4 Å². The molecule has 4 heteroatoms. The third-order valence-corrected chi connectivity index (χ3v) is 4.70. The molecule has 2 amide bonds. The summed E-state index contributed by atoms with van der Waals surface area (Å²) in [5, 5.41) is 0.854. The second-order valence-corrected chi connectivity index (χ2v) is 5.20. The number of imide groups is 1. The fourth-order valence-corrected chi connectivity index (χ4v) is 3.98. The molecule has 0 aromatic heterocycles. The quantitative estimate of drug-likeness (QED) is 0.260. The van der Waals surface area contributed by atoms with Gasteiger partial charge in [-0.05, 0) is 30.1 Å². The molecule has 0 aromatic rings. The molecule has 78 valence electrons. The Morgan fingerprint density at radius 3 is 2.00 bits per heavy atom. The van der Waals surface area contributed by atoms with Crippen molar-refractivity contribution in [2.75, 3.05) is 0 Å². The molecule has 1 aliphatic heterocycles.